The van der Waals surface area contributed by atoms with Crippen LogP contribution < -0.4 is 15.4 Å². The Balaban J connectivity index is 2.79. The molecule has 3 N–H and O–H groups in total. The van der Waals surface area contributed by atoms with Gasteiger partial charge in [-0.05, 0) is 44.0 Å². The van der Waals surface area contributed by atoms with Gasteiger partial charge < -0.3 is 10.6 Å². The number of nitrogens with one attached hydrogen (secondary N) is 3. The second-order valence-corrected chi connectivity index (χ2v) is 7.13. The van der Waals surface area contributed by atoms with Crippen molar-refractivity contribution in [3.63, 3.8) is 0 Å². The van der Waals surface area contributed by atoms with Crippen LogP contribution in [-0.4, -0.2) is 28.0 Å². The first-order valence-electron chi connectivity index (χ1n) is 6.85. The highest BCUT2D eigenvalue weighted by atomic mass is 32.2. The molecular formula is C14H23N3O3S. The van der Waals surface area contributed by atoms with Gasteiger partial charge in [-0.2, -0.15) is 0 Å². The van der Waals surface area contributed by atoms with E-state index in [9.17, 15) is 13.2 Å². The molecule has 118 valence electrons. The predicted molar refractivity (Wildman–Crippen MR) is 83.9 cm³/mol. The van der Waals surface area contributed by atoms with E-state index in [0.29, 0.717) is 18.2 Å². The van der Waals surface area contributed by atoms with Crippen molar-refractivity contribution >= 4 is 21.7 Å². The van der Waals surface area contributed by atoms with E-state index in [1.807, 2.05) is 0 Å². The normalized spacial score (nSPS) is 11.5. The van der Waals surface area contributed by atoms with Gasteiger partial charge >= 0.3 is 6.03 Å². The van der Waals surface area contributed by atoms with Crippen LogP contribution in [0, 0.1) is 12.8 Å². The molecular weight excluding hydrogens is 290 g/mol. The van der Waals surface area contributed by atoms with Gasteiger partial charge in [-0.25, -0.2) is 17.9 Å². The molecule has 0 spiro atoms. The summed E-state index contributed by atoms with van der Waals surface area (Å²) in [5, 5.41) is 5.43. The molecule has 1 aromatic carbocycles. The zero-order chi connectivity index (χ0) is 16.0. The average Bonchev–Trinajstić information content (AvgIpc) is 2.40. The quantitative estimate of drug-likeness (QED) is 0.751. The summed E-state index contributed by atoms with van der Waals surface area (Å²) in [6.07, 6.45) is 0.889. The van der Waals surface area contributed by atoms with Crippen molar-refractivity contribution in [2.24, 2.45) is 5.92 Å². The second kappa shape index (κ2) is 7.42. The fourth-order valence-electron chi connectivity index (χ4n) is 1.66. The monoisotopic (exact) mass is 313 g/mol. The molecule has 7 heteroatoms. The lowest BCUT2D eigenvalue weighted by Gasteiger charge is -2.12. The molecule has 2 amide bonds. The van der Waals surface area contributed by atoms with Crippen molar-refractivity contribution in [3.8, 4) is 0 Å². The predicted octanol–water partition coefficient (Wildman–Crippen LogP) is 2.07. The number of rotatable bonds is 6. The van der Waals surface area contributed by atoms with E-state index in [0.717, 1.165) is 12.0 Å². The summed E-state index contributed by atoms with van der Waals surface area (Å²) in [4.78, 5) is 11.9. The van der Waals surface area contributed by atoms with Crippen LogP contribution in [0.5, 0.6) is 0 Å². The van der Waals surface area contributed by atoms with Crippen molar-refractivity contribution in [1.82, 2.24) is 10.0 Å². The van der Waals surface area contributed by atoms with Crippen LogP contribution in [0.1, 0.15) is 25.8 Å². The van der Waals surface area contributed by atoms with Crippen LogP contribution in [0.25, 0.3) is 0 Å². The summed E-state index contributed by atoms with van der Waals surface area (Å²) in [7, 11) is -2.18. The first-order valence-corrected chi connectivity index (χ1v) is 8.33. The smallest absolute Gasteiger partial charge is 0.319 e. The molecule has 6 nitrogen and oxygen atoms in total. The lowest BCUT2D eigenvalue weighted by atomic mass is 10.1. The van der Waals surface area contributed by atoms with Gasteiger partial charge in [0.25, 0.3) is 0 Å². The molecule has 1 rings (SSSR count). The van der Waals surface area contributed by atoms with Gasteiger partial charge in [0.2, 0.25) is 10.0 Å². The highest BCUT2D eigenvalue weighted by Gasteiger charge is 2.14. The third-order valence-corrected chi connectivity index (χ3v) is 4.46. The van der Waals surface area contributed by atoms with Crippen LogP contribution in [0.3, 0.4) is 0 Å². The average molecular weight is 313 g/mol. The fourth-order valence-corrected chi connectivity index (χ4v) is 2.42. The second-order valence-electron chi connectivity index (χ2n) is 5.25. The maximum atomic E-state index is 11.8. The molecule has 0 bridgehead atoms. The minimum Gasteiger partial charge on any atom is -0.338 e. The van der Waals surface area contributed by atoms with E-state index in [2.05, 4.69) is 29.2 Å². The molecule has 0 aliphatic carbocycles. The maximum absolute atomic E-state index is 11.8. The summed E-state index contributed by atoms with van der Waals surface area (Å²) in [6.45, 7) is 6.54. The molecule has 0 aliphatic rings. The zero-order valence-corrected chi connectivity index (χ0v) is 13.7. The topological polar surface area (TPSA) is 87.3 Å². The van der Waals surface area contributed by atoms with Crippen LogP contribution in [-0.2, 0) is 10.0 Å². The van der Waals surface area contributed by atoms with E-state index in [1.54, 1.807) is 13.0 Å². The lowest BCUT2D eigenvalue weighted by molar-refractivity contribution is 0.251. The van der Waals surface area contributed by atoms with Crippen LogP contribution in [0.4, 0.5) is 10.5 Å². The van der Waals surface area contributed by atoms with Gasteiger partial charge in [0.15, 0.2) is 0 Å². The third kappa shape index (κ3) is 5.35. The van der Waals surface area contributed by atoms with Crippen molar-refractivity contribution in [3.05, 3.63) is 23.8 Å². The number of anilines is 1. The van der Waals surface area contributed by atoms with Crippen molar-refractivity contribution in [2.45, 2.75) is 32.1 Å². The summed E-state index contributed by atoms with van der Waals surface area (Å²) in [6, 6.07) is 4.28. The minimum atomic E-state index is -3.52. The molecule has 0 heterocycles. The Morgan fingerprint density at radius 1 is 1.29 bits per heavy atom. The standard InChI is InChI=1S/C14H23N3O3S/c1-10(2)7-8-16-14(18)17-13-9-12(6-5-11(13)3)21(19,20)15-4/h5-6,9-10,15H,7-8H2,1-4H3,(H2,16,17,18). The van der Waals surface area contributed by atoms with Crippen LogP contribution in [0.15, 0.2) is 23.1 Å². The van der Waals surface area contributed by atoms with E-state index >= 15 is 0 Å². The van der Waals surface area contributed by atoms with Crippen molar-refractivity contribution in [1.29, 1.82) is 0 Å². The Hall–Kier alpha value is -1.60. The third-order valence-electron chi connectivity index (χ3n) is 3.04. The minimum absolute atomic E-state index is 0.119. The molecule has 1 aromatic rings. The van der Waals surface area contributed by atoms with Gasteiger partial charge in [-0.1, -0.05) is 19.9 Å². The molecule has 21 heavy (non-hydrogen) atoms. The van der Waals surface area contributed by atoms with E-state index in [-0.39, 0.29) is 10.9 Å². The highest BCUT2D eigenvalue weighted by Crippen LogP contribution is 2.19. The summed E-state index contributed by atoms with van der Waals surface area (Å²) in [5.74, 6) is 0.510. The number of amides is 2. The number of benzene rings is 1. The Bertz CT molecular complexity index is 597. The van der Waals surface area contributed by atoms with Crippen molar-refractivity contribution in [2.75, 3.05) is 18.9 Å². The highest BCUT2D eigenvalue weighted by molar-refractivity contribution is 7.89. The van der Waals surface area contributed by atoms with Gasteiger partial charge in [0, 0.05) is 12.2 Å². The van der Waals surface area contributed by atoms with Crippen LogP contribution >= 0.6 is 0 Å². The molecule has 0 radical (unpaired) electrons. The molecule has 0 atom stereocenters. The van der Waals surface area contributed by atoms with Gasteiger partial charge in [-0.3, -0.25) is 0 Å². The number of carbonyl (C=O) groups is 1. The Morgan fingerprint density at radius 2 is 1.95 bits per heavy atom. The molecule has 0 fully saturated rings. The summed E-state index contributed by atoms with van der Waals surface area (Å²) >= 11 is 0. The zero-order valence-electron chi connectivity index (χ0n) is 12.9. The number of sulfonamides is 1. The lowest BCUT2D eigenvalue weighted by Crippen LogP contribution is -2.30. The van der Waals surface area contributed by atoms with Gasteiger partial charge in [-0.15, -0.1) is 0 Å². The molecule has 0 aliphatic heterocycles. The molecule has 0 saturated carbocycles. The number of carbonyl (C=O) groups excluding carboxylic acids is 1. The van der Waals surface area contributed by atoms with E-state index in [1.165, 1.54) is 19.2 Å². The van der Waals surface area contributed by atoms with E-state index in [4.69, 9.17) is 0 Å². The Labute approximate surface area is 126 Å². The number of aryl methyl sites for hydroxylation is 1. The first-order chi connectivity index (χ1) is 9.76. The number of hydrogen-bond acceptors (Lipinski definition) is 3. The summed E-state index contributed by atoms with van der Waals surface area (Å²) in [5.41, 5.74) is 1.28. The van der Waals surface area contributed by atoms with Gasteiger partial charge in [0.05, 0.1) is 4.90 Å². The maximum Gasteiger partial charge on any atom is 0.319 e. The van der Waals surface area contributed by atoms with E-state index < -0.39 is 10.0 Å². The largest absolute Gasteiger partial charge is 0.338 e. The molecule has 0 aromatic heterocycles. The number of urea groups is 1. The SMILES string of the molecule is CNS(=O)(=O)c1ccc(C)c(NC(=O)NCCC(C)C)c1. The summed E-state index contributed by atoms with van der Waals surface area (Å²) < 4.78 is 25.8. The van der Waals surface area contributed by atoms with Crippen LogP contribution in [0.2, 0.25) is 0 Å². The Morgan fingerprint density at radius 3 is 2.52 bits per heavy atom. The van der Waals surface area contributed by atoms with Crippen molar-refractivity contribution < 1.29 is 13.2 Å². The fraction of sp³-hybridized carbons (Fsp3) is 0.500. The number of hydrogen-bond donors (Lipinski definition) is 3. The molecule has 0 unspecified atom stereocenters. The Kier molecular flexibility index (Phi) is 6.17. The first kappa shape index (κ1) is 17.5. The van der Waals surface area contributed by atoms with Gasteiger partial charge in [0.1, 0.15) is 0 Å². The molecule has 0 saturated heterocycles.